The number of benzene rings is 1. The van der Waals surface area contributed by atoms with Gasteiger partial charge in [0.25, 0.3) is 0 Å². The molecule has 0 saturated carbocycles. The van der Waals surface area contributed by atoms with Crippen molar-refractivity contribution in [1.82, 2.24) is 9.97 Å². The van der Waals surface area contributed by atoms with Crippen molar-refractivity contribution in [2.75, 3.05) is 0 Å². The smallest absolute Gasteiger partial charge is 0.354 e. The van der Waals surface area contributed by atoms with Gasteiger partial charge in [0.05, 0.1) is 0 Å². The topological polar surface area (TPSA) is 72.3 Å². The lowest BCUT2D eigenvalue weighted by molar-refractivity contribution is 0.0689. The lowest BCUT2D eigenvalue weighted by atomic mass is 9.92. The summed E-state index contributed by atoms with van der Waals surface area (Å²) in [6, 6.07) is 7.32. The van der Waals surface area contributed by atoms with Crippen molar-refractivity contribution in [3.63, 3.8) is 0 Å². The van der Waals surface area contributed by atoms with Crippen LogP contribution in [0, 0.1) is 0 Å². The van der Waals surface area contributed by atoms with Crippen molar-refractivity contribution < 1.29 is 14.6 Å². The lowest BCUT2D eigenvalue weighted by Crippen LogP contribution is -2.04. The van der Waals surface area contributed by atoms with Crippen LogP contribution in [-0.2, 0) is 12.8 Å². The Morgan fingerprint density at radius 1 is 1.15 bits per heavy atom. The Balaban J connectivity index is 1.84. The summed E-state index contributed by atoms with van der Waals surface area (Å²) in [5.41, 5.74) is 2.58. The minimum absolute atomic E-state index is 0.0562. The number of carboxylic acid groups (broad SMARTS) is 1. The fraction of sp³-hybridized carbons (Fsp3) is 0.267. The monoisotopic (exact) mass is 270 g/mol. The predicted octanol–water partition coefficient (Wildman–Crippen LogP) is 2.85. The summed E-state index contributed by atoms with van der Waals surface area (Å²) in [5.74, 6) is -0.448. The van der Waals surface area contributed by atoms with Crippen LogP contribution in [0.1, 0.15) is 34.5 Å². The van der Waals surface area contributed by atoms with E-state index in [1.54, 1.807) is 0 Å². The van der Waals surface area contributed by atoms with Crippen LogP contribution in [0.5, 0.6) is 11.8 Å². The Hall–Kier alpha value is -2.43. The Labute approximate surface area is 116 Å². The van der Waals surface area contributed by atoms with Crippen LogP contribution in [0.2, 0.25) is 0 Å². The second-order valence-electron chi connectivity index (χ2n) is 4.77. The third-order valence-electron chi connectivity index (χ3n) is 3.38. The van der Waals surface area contributed by atoms with Crippen LogP contribution in [0.25, 0.3) is 0 Å². The van der Waals surface area contributed by atoms with Gasteiger partial charge >= 0.3 is 12.0 Å². The number of aromatic carboxylic acids is 1. The number of carbonyl (C=O) groups is 1. The first-order valence-corrected chi connectivity index (χ1v) is 6.58. The van der Waals surface area contributed by atoms with E-state index in [0.717, 1.165) is 12.8 Å². The SMILES string of the molecule is O=C(O)c1ccnc(Oc2ccc3c(c2)CCCC3)n1. The van der Waals surface area contributed by atoms with E-state index in [0.29, 0.717) is 5.75 Å². The Bertz CT molecular complexity index is 655. The maximum atomic E-state index is 10.9. The molecule has 0 unspecified atom stereocenters. The molecule has 0 aliphatic heterocycles. The third-order valence-corrected chi connectivity index (χ3v) is 3.38. The van der Waals surface area contributed by atoms with Gasteiger partial charge in [-0.05, 0) is 55.0 Å². The van der Waals surface area contributed by atoms with E-state index < -0.39 is 5.97 Å². The summed E-state index contributed by atoms with van der Waals surface area (Å²) >= 11 is 0. The maximum absolute atomic E-state index is 10.9. The quantitative estimate of drug-likeness (QED) is 0.928. The molecule has 2 aromatic rings. The second-order valence-corrected chi connectivity index (χ2v) is 4.77. The van der Waals surface area contributed by atoms with Crippen molar-refractivity contribution >= 4 is 5.97 Å². The van der Waals surface area contributed by atoms with Gasteiger partial charge in [-0.25, -0.2) is 9.78 Å². The Kier molecular flexibility index (Phi) is 3.33. The lowest BCUT2D eigenvalue weighted by Gasteiger charge is -2.16. The van der Waals surface area contributed by atoms with E-state index in [1.165, 1.54) is 36.2 Å². The molecule has 1 aromatic heterocycles. The zero-order valence-corrected chi connectivity index (χ0v) is 10.9. The number of nitrogens with zero attached hydrogens (tertiary/aromatic N) is 2. The second kappa shape index (κ2) is 5.28. The average Bonchev–Trinajstić information content (AvgIpc) is 2.47. The summed E-state index contributed by atoms with van der Waals surface area (Å²) in [7, 11) is 0. The molecule has 0 saturated heterocycles. The van der Waals surface area contributed by atoms with Crippen molar-refractivity contribution in [3.8, 4) is 11.8 Å². The van der Waals surface area contributed by atoms with Crippen LogP contribution in [0.3, 0.4) is 0 Å². The highest BCUT2D eigenvalue weighted by atomic mass is 16.5. The maximum Gasteiger partial charge on any atom is 0.354 e. The first-order valence-electron chi connectivity index (χ1n) is 6.58. The molecule has 1 aliphatic rings. The number of aryl methyl sites for hydroxylation is 2. The number of hydrogen-bond donors (Lipinski definition) is 1. The number of fused-ring (bicyclic) bond motifs is 1. The number of aromatic nitrogens is 2. The third kappa shape index (κ3) is 2.61. The van der Waals surface area contributed by atoms with E-state index >= 15 is 0 Å². The van der Waals surface area contributed by atoms with Crippen molar-refractivity contribution in [3.05, 3.63) is 47.3 Å². The summed E-state index contributed by atoms with van der Waals surface area (Å²) in [6.07, 6.45) is 5.98. The van der Waals surface area contributed by atoms with E-state index in [1.807, 2.05) is 12.1 Å². The molecule has 0 bridgehead atoms. The molecule has 5 heteroatoms. The van der Waals surface area contributed by atoms with Gasteiger partial charge in [0, 0.05) is 6.20 Å². The van der Waals surface area contributed by atoms with Gasteiger partial charge in [-0.1, -0.05) is 6.07 Å². The van der Waals surface area contributed by atoms with Crippen LogP contribution < -0.4 is 4.74 Å². The van der Waals surface area contributed by atoms with Crippen LogP contribution in [-0.4, -0.2) is 21.0 Å². The number of carboxylic acids is 1. The van der Waals surface area contributed by atoms with Gasteiger partial charge in [-0.3, -0.25) is 0 Å². The molecule has 102 valence electrons. The van der Waals surface area contributed by atoms with Gasteiger partial charge in [0.15, 0.2) is 5.69 Å². The standard InChI is InChI=1S/C15H14N2O3/c18-14(19)13-7-8-16-15(17-13)20-12-6-5-10-3-1-2-4-11(10)9-12/h5-9H,1-4H2,(H,18,19). The van der Waals surface area contributed by atoms with Gasteiger partial charge in [-0.15, -0.1) is 0 Å². The largest absolute Gasteiger partial charge is 0.477 e. The van der Waals surface area contributed by atoms with E-state index in [2.05, 4.69) is 16.0 Å². The van der Waals surface area contributed by atoms with Gasteiger partial charge in [0.2, 0.25) is 0 Å². The molecule has 1 N–H and O–H groups in total. The average molecular weight is 270 g/mol. The van der Waals surface area contributed by atoms with Crippen molar-refractivity contribution in [2.24, 2.45) is 0 Å². The van der Waals surface area contributed by atoms with E-state index in [-0.39, 0.29) is 11.7 Å². The summed E-state index contributed by atoms with van der Waals surface area (Å²) in [5, 5.41) is 8.89. The molecule has 1 aliphatic carbocycles. The predicted molar refractivity (Wildman–Crippen MR) is 72.1 cm³/mol. The van der Waals surface area contributed by atoms with Crippen LogP contribution in [0.4, 0.5) is 0 Å². The molecule has 20 heavy (non-hydrogen) atoms. The molecule has 0 fully saturated rings. The van der Waals surface area contributed by atoms with Gasteiger partial charge < -0.3 is 9.84 Å². The molecule has 1 heterocycles. The highest BCUT2D eigenvalue weighted by Gasteiger charge is 2.12. The Morgan fingerprint density at radius 2 is 1.95 bits per heavy atom. The normalized spacial score (nSPS) is 13.6. The molecular weight excluding hydrogens is 256 g/mol. The molecule has 5 nitrogen and oxygen atoms in total. The molecule has 3 rings (SSSR count). The number of ether oxygens (including phenoxy) is 1. The van der Waals surface area contributed by atoms with Gasteiger partial charge in [-0.2, -0.15) is 4.98 Å². The first kappa shape index (κ1) is 12.6. The fourth-order valence-electron chi connectivity index (χ4n) is 2.39. The van der Waals surface area contributed by atoms with Crippen molar-refractivity contribution in [2.45, 2.75) is 25.7 Å². The van der Waals surface area contributed by atoms with Crippen LogP contribution >= 0.6 is 0 Å². The summed E-state index contributed by atoms with van der Waals surface area (Å²) < 4.78 is 5.55. The van der Waals surface area contributed by atoms with Crippen LogP contribution in [0.15, 0.2) is 30.5 Å². The van der Waals surface area contributed by atoms with Gasteiger partial charge in [0.1, 0.15) is 5.75 Å². The molecule has 0 spiro atoms. The van der Waals surface area contributed by atoms with E-state index in [9.17, 15) is 4.79 Å². The minimum Gasteiger partial charge on any atom is -0.477 e. The van der Waals surface area contributed by atoms with Crippen molar-refractivity contribution in [1.29, 1.82) is 0 Å². The summed E-state index contributed by atoms with van der Waals surface area (Å²) in [4.78, 5) is 18.6. The number of rotatable bonds is 3. The molecular formula is C15H14N2O3. The molecule has 1 aromatic carbocycles. The molecule has 0 atom stereocenters. The minimum atomic E-state index is -1.09. The first-order chi connectivity index (χ1) is 9.72. The fourth-order valence-corrected chi connectivity index (χ4v) is 2.39. The number of hydrogen-bond acceptors (Lipinski definition) is 4. The highest BCUT2D eigenvalue weighted by molar-refractivity contribution is 5.85. The highest BCUT2D eigenvalue weighted by Crippen LogP contribution is 2.27. The molecule has 0 radical (unpaired) electrons. The zero-order chi connectivity index (χ0) is 13.9. The van der Waals surface area contributed by atoms with E-state index in [4.69, 9.17) is 9.84 Å². The summed E-state index contributed by atoms with van der Waals surface area (Å²) in [6.45, 7) is 0. The molecule has 0 amide bonds. The Morgan fingerprint density at radius 3 is 2.75 bits per heavy atom. The zero-order valence-electron chi connectivity index (χ0n) is 10.9.